The molecule has 13 heteroatoms. The van der Waals surface area contributed by atoms with E-state index in [-0.39, 0.29) is 12.2 Å². The number of hydrogen-bond donors (Lipinski definition) is 8. The predicted molar refractivity (Wildman–Crippen MR) is 90.3 cm³/mol. The van der Waals surface area contributed by atoms with Gasteiger partial charge in [0.15, 0.2) is 0 Å². The van der Waals surface area contributed by atoms with Crippen LogP contribution in [0.5, 0.6) is 0 Å². The van der Waals surface area contributed by atoms with E-state index in [9.17, 15) is 24.0 Å². The molecule has 0 fully saturated rings. The summed E-state index contributed by atoms with van der Waals surface area (Å²) in [4.78, 5) is 56.7. The topological polar surface area (TPSA) is 208 Å². The third-order valence-electron chi connectivity index (χ3n) is 3.05. The number of aliphatic carboxylic acids is 2. The minimum absolute atomic E-state index is 0.174. The molecule has 3 atom stereocenters. The lowest BCUT2D eigenvalue weighted by Crippen LogP contribution is -2.54. The Kier molecular flexibility index (Phi) is 10.9. The first-order chi connectivity index (χ1) is 12.1. The van der Waals surface area contributed by atoms with E-state index >= 15 is 0 Å². The molecule has 3 amide bonds. The summed E-state index contributed by atoms with van der Waals surface area (Å²) in [7, 11) is 0. The lowest BCUT2D eigenvalue weighted by molar-refractivity contribution is -0.143. The van der Waals surface area contributed by atoms with Crippen LogP contribution in [-0.4, -0.2) is 82.0 Å². The first-order valence-electron chi connectivity index (χ1n) is 7.41. The van der Waals surface area contributed by atoms with Gasteiger partial charge in [0.05, 0.1) is 13.2 Å². The number of rotatable bonds is 12. The number of thiol groups is 1. The monoisotopic (exact) mass is 394 g/mol. The molecule has 0 heterocycles. The molecule has 0 saturated carbocycles. The van der Waals surface area contributed by atoms with Gasteiger partial charge in [-0.25, -0.2) is 4.79 Å². The third-order valence-corrected chi connectivity index (χ3v) is 3.42. The summed E-state index contributed by atoms with van der Waals surface area (Å²) in [6.45, 7) is -1.13. The summed E-state index contributed by atoms with van der Waals surface area (Å²) in [5, 5.41) is 32.8. The maximum Gasteiger partial charge on any atom is 0.326 e. The Balaban J connectivity index is 4.62. The smallest absolute Gasteiger partial charge is 0.326 e. The fourth-order valence-corrected chi connectivity index (χ4v) is 1.88. The second kappa shape index (κ2) is 12.1. The molecular formula is C13H22N4O8S. The van der Waals surface area contributed by atoms with Gasteiger partial charge in [-0.15, -0.1) is 0 Å². The molecule has 0 aliphatic heterocycles. The van der Waals surface area contributed by atoms with E-state index < -0.39 is 67.4 Å². The number of nitrogens with one attached hydrogen (secondary N) is 3. The van der Waals surface area contributed by atoms with Gasteiger partial charge in [0.1, 0.15) is 18.1 Å². The highest BCUT2D eigenvalue weighted by Crippen LogP contribution is 2.00. The number of amides is 3. The van der Waals surface area contributed by atoms with Crippen molar-refractivity contribution >= 4 is 42.3 Å². The summed E-state index contributed by atoms with van der Waals surface area (Å²) >= 11 is 3.89. The fraction of sp³-hybridized carbons (Fsp3) is 0.615. The highest BCUT2D eigenvalue weighted by Gasteiger charge is 2.26. The summed E-state index contributed by atoms with van der Waals surface area (Å²) in [5.74, 6) is -5.23. The van der Waals surface area contributed by atoms with Crippen LogP contribution in [-0.2, 0) is 24.0 Å². The molecule has 0 aromatic rings. The minimum atomic E-state index is -1.44. The van der Waals surface area contributed by atoms with Crippen molar-refractivity contribution in [2.75, 3.05) is 18.9 Å². The van der Waals surface area contributed by atoms with E-state index in [0.29, 0.717) is 0 Å². The molecule has 0 aromatic heterocycles. The van der Waals surface area contributed by atoms with Crippen molar-refractivity contribution in [3.8, 4) is 0 Å². The first kappa shape index (κ1) is 23.6. The molecule has 0 rings (SSSR count). The second-order valence-corrected chi connectivity index (χ2v) is 5.51. The fourth-order valence-electron chi connectivity index (χ4n) is 1.62. The van der Waals surface area contributed by atoms with E-state index in [0.717, 1.165) is 0 Å². The quantitative estimate of drug-likeness (QED) is 0.153. The first-order valence-corrected chi connectivity index (χ1v) is 8.04. The molecule has 8 N–H and O–H groups in total. The summed E-state index contributed by atoms with van der Waals surface area (Å²) in [6, 6.07) is -3.85. The van der Waals surface area contributed by atoms with Crippen molar-refractivity contribution in [3.05, 3.63) is 0 Å². The lowest BCUT2D eigenvalue weighted by Gasteiger charge is -2.20. The van der Waals surface area contributed by atoms with E-state index in [1.807, 2.05) is 0 Å². The van der Waals surface area contributed by atoms with Crippen LogP contribution in [0.1, 0.15) is 12.8 Å². The van der Waals surface area contributed by atoms with E-state index in [1.54, 1.807) is 0 Å². The van der Waals surface area contributed by atoms with E-state index in [1.165, 1.54) is 0 Å². The Labute approximate surface area is 153 Å². The van der Waals surface area contributed by atoms with Gasteiger partial charge in [-0.1, -0.05) is 0 Å². The maximum absolute atomic E-state index is 12.0. The molecule has 12 nitrogen and oxygen atoms in total. The van der Waals surface area contributed by atoms with Gasteiger partial charge >= 0.3 is 11.9 Å². The standard InChI is InChI=1S/C13H22N4O8S/c14-6(4-18)11(22)15-3-9(19)16-8(5-26)12(23)17-7(13(24)25)1-2-10(20)21/h6-8,18,26H,1-5,14H2,(H,15,22)(H,16,19)(H,17,23)(H,20,21)(H,24,25). The van der Waals surface area contributed by atoms with Crippen molar-refractivity contribution in [2.24, 2.45) is 5.73 Å². The number of aliphatic hydroxyl groups excluding tert-OH is 1. The molecule has 3 unspecified atom stereocenters. The van der Waals surface area contributed by atoms with Crippen LogP contribution in [0, 0.1) is 0 Å². The lowest BCUT2D eigenvalue weighted by atomic mass is 10.1. The SMILES string of the molecule is NC(CO)C(=O)NCC(=O)NC(CS)C(=O)NC(CCC(=O)O)C(=O)O. The third kappa shape index (κ3) is 9.19. The molecule has 0 aromatic carbocycles. The number of hydrogen-bond acceptors (Lipinski definition) is 8. The number of carboxylic acid groups (broad SMARTS) is 2. The Morgan fingerprint density at radius 2 is 1.62 bits per heavy atom. The predicted octanol–water partition coefficient (Wildman–Crippen LogP) is -3.73. The summed E-state index contributed by atoms with van der Waals surface area (Å²) in [6.07, 6.45) is -0.801. The van der Waals surface area contributed by atoms with E-state index in [4.69, 9.17) is 21.1 Å². The van der Waals surface area contributed by atoms with Gasteiger partial charge in [-0.2, -0.15) is 12.6 Å². The van der Waals surface area contributed by atoms with Crippen LogP contribution in [0.2, 0.25) is 0 Å². The normalized spacial score (nSPS) is 13.8. The zero-order chi connectivity index (χ0) is 20.3. The molecule has 26 heavy (non-hydrogen) atoms. The Morgan fingerprint density at radius 1 is 1.00 bits per heavy atom. The largest absolute Gasteiger partial charge is 0.481 e. The molecule has 0 aliphatic carbocycles. The van der Waals surface area contributed by atoms with Crippen molar-refractivity contribution in [1.29, 1.82) is 0 Å². The Hall–Kier alpha value is -2.38. The van der Waals surface area contributed by atoms with Crippen molar-refractivity contribution in [1.82, 2.24) is 16.0 Å². The van der Waals surface area contributed by atoms with Crippen LogP contribution in [0.25, 0.3) is 0 Å². The Morgan fingerprint density at radius 3 is 2.08 bits per heavy atom. The average molecular weight is 394 g/mol. The zero-order valence-electron chi connectivity index (χ0n) is 13.7. The van der Waals surface area contributed by atoms with Gasteiger partial charge in [0.2, 0.25) is 17.7 Å². The molecule has 0 spiro atoms. The highest BCUT2D eigenvalue weighted by molar-refractivity contribution is 7.80. The zero-order valence-corrected chi connectivity index (χ0v) is 14.6. The van der Waals surface area contributed by atoms with Crippen LogP contribution in [0.4, 0.5) is 0 Å². The van der Waals surface area contributed by atoms with Gasteiger partial charge < -0.3 is 37.0 Å². The van der Waals surface area contributed by atoms with E-state index in [2.05, 4.69) is 28.6 Å². The second-order valence-electron chi connectivity index (χ2n) is 5.14. The number of nitrogens with two attached hydrogens (primary N) is 1. The number of carboxylic acids is 2. The van der Waals surface area contributed by atoms with Crippen LogP contribution < -0.4 is 21.7 Å². The number of carbonyl (C=O) groups excluding carboxylic acids is 3. The molecular weight excluding hydrogens is 372 g/mol. The molecule has 0 saturated heterocycles. The molecule has 0 bridgehead atoms. The van der Waals surface area contributed by atoms with Crippen LogP contribution >= 0.6 is 12.6 Å². The minimum Gasteiger partial charge on any atom is -0.481 e. The van der Waals surface area contributed by atoms with Gasteiger partial charge in [0, 0.05) is 12.2 Å². The van der Waals surface area contributed by atoms with Gasteiger partial charge in [0.25, 0.3) is 0 Å². The van der Waals surface area contributed by atoms with Gasteiger partial charge in [-0.3, -0.25) is 19.2 Å². The van der Waals surface area contributed by atoms with Crippen molar-refractivity contribution < 1.29 is 39.3 Å². The Bertz CT molecular complexity index is 544. The number of carbonyl (C=O) groups is 5. The van der Waals surface area contributed by atoms with Crippen molar-refractivity contribution in [3.63, 3.8) is 0 Å². The average Bonchev–Trinajstić information content (AvgIpc) is 2.59. The maximum atomic E-state index is 12.0. The van der Waals surface area contributed by atoms with Crippen LogP contribution in [0.3, 0.4) is 0 Å². The summed E-state index contributed by atoms with van der Waals surface area (Å²) < 4.78 is 0. The summed E-state index contributed by atoms with van der Waals surface area (Å²) in [5.41, 5.74) is 5.24. The van der Waals surface area contributed by atoms with Crippen molar-refractivity contribution in [2.45, 2.75) is 31.0 Å². The molecule has 0 radical (unpaired) electrons. The number of aliphatic hydroxyl groups is 1. The molecule has 148 valence electrons. The molecule has 0 aliphatic rings. The van der Waals surface area contributed by atoms with Crippen LogP contribution in [0.15, 0.2) is 0 Å². The highest BCUT2D eigenvalue weighted by atomic mass is 32.1. The van der Waals surface area contributed by atoms with Gasteiger partial charge in [-0.05, 0) is 6.42 Å².